The van der Waals surface area contributed by atoms with Crippen molar-refractivity contribution in [2.24, 2.45) is 0 Å². The maximum atomic E-state index is 11.8. The average molecular weight is 284 g/mol. The van der Waals surface area contributed by atoms with E-state index in [0.717, 1.165) is 38.8 Å². The summed E-state index contributed by atoms with van der Waals surface area (Å²) in [6, 6.07) is 0. The van der Waals surface area contributed by atoms with E-state index in [9.17, 15) is 9.59 Å². The summed E-state index contributed by atoms with van der Waals surface area (Å²) in [6.45, 7) is 6.98. The zero-order valence-electron chi connectivity index (χ0n) is 12.9. The summed E-state index contributed by atoms with van der Waals surface area (Å²) in [7, 11) is 0. The van der Waals surface area contributed by atoms with Crippen molar-refractivity contribution >= 4 is 11.8 Å². The summed E-state index contributed by atoms with van der Waals surface area (Å²) >= 11 is 0. The Morgan fingerprint density at radius 3 is 2.75 bits per heavy atom. The number of carbonyl (C=O) groups excluding carboxylic acids is 2. The number of likely N-dealkylation sites (tertiary alicyclic amines) is 1. The van der Waals surface area contributed by atoms with Crippen LogP contribution in [0.15, 0.2) is 0 Å². The first-order valence-corrected chi connectivity index (χ1v) is 7.82. The molecule has 5 nitrogen and oxygen atoms in total. The summed E-state index contributed by atoms with van der Waals surface area (Å²) in [5, 5.41) is 0. The van der Waals surface area contributed by atoms with Gasteiger partial charge in [-0.25, -0.2) is 0 Å². The molecule has 1 rings (SSSR count). The average Bonchev–Trinajstić information content (AvgIpc) is 2.66. The molecule has 0 aliphatic carbocycles. The molecule has 0 atom stereocenters. The number of ether oxygens (including phenoxy) is 1. The van der Waals surface area contributed by atoms with Crippen molar-refractivity contribution in [2.75, 3.05) is 33.0 Å². The lowest BCUT2D eigenvalue weighted by molar-refractivity contribution is -0.138. The molecule has 1 heterocycles. The van der Waals surface area contributed by atoms with Gasteiger partial charge in [0.05, 0.1) is 6.61 Å². The highest BCUT2D eigenvalue weighted by atomic mass is 16.5. The molecule has 0 saturated carbocycles. The van der Waals surface area contributed by atoms with Crippen LogP contribution in [-0.2, 0) is 14.3 Å². The van der Waals surface area contributed by atoms with Gasteiger partial charge in [-0.3, -0.25) is 9.59 Å². The molecule has 0 N–H and O–H groups in total. The monoisotopic (exact) mass is 284 g/mol. The minimum atomic E-state index is 0.168. The minimum absolute atomic E-state index is 0.168. The molecule has 0 aromatic rings. The van der Waals surface area contributed by atoms with Crippen LogP contribution in [0.3, 0.4) is 0 Å². The molecule has 116 valence electrons. The SMILES string of the molecule is CCCN(CCOCN1CCCCCC1=O)C(=O)CC. The summed E-state index contributed by atoms with van der Waals surface area (Å²) in [6.07, 6.45) is 5.30. The maximum absolute atomic E-state index is 11.8. The summed E-state index contributed by atoms with van der Waals surface area (Å²) in [4.78, 5) is 27.1. The fraction of sp³-hybridized carbons (Fsp3) is 0.867. The molecule has 0 aromatic carbocycles. The molecule has 1 aliphatic heterocycles. The van der Waals surface area contributed by atoms with Crippen LogP contribution in [-0.4, -0.2) is 54.6 Å². The smallest absolute Gasteiger partial charge is 0.224 e. The standard InChI is InChI=1S/C15H28N2O3/c1-3-9-16(14(18)4-2)11-12-20-13-17-10-7-5-6-8-15(17)19/h3-13H2,1-2H3. The molecular formula is C15H28N2O3. The van der Waals surface area contributed by atoms with Crippen molar-refractivity contribution in [2.45, 2.75) is 52.4 Å². The molecule has 0 spiro atoms. The topological polar surface area (TPSA) is 49.9 Å². The van der Waals surface area contributed by atoms with Gasteiger partial charge in [-0.2, -0.15) is 0 Å². The van der Waals surface area contributed by atoms with Crippen molar-refractivity contribution in [1.82, 2.24) is 9.80 Å². The predicted molar refractivity (Wildman–Crippen MR) is 78.2 cm³/mol. The molecular weight excluding hydrogens is 256 g/mol. The third kappa shape index (κ3) is 5.90. The Morgan fingerprint density at radius 1 is 1.25 bits per heavy atom. The number of hydrogen-bond donors (Lipinski definition) is 0. The van der Waals surface area contributed by atoms with Crippen molar-refractivity contribution in [3.8, 4) is 0 Å². The third-order valence-corrected chi connectivity index (χ3v) is 3.57. The summed E-state index contributed by atoms with van der Waals surface area (Å²) in [5.74, 6) is 0.360. The second kappa shape index (κ2) is 9.75. The van der Waals surface area contributed by atoms with E-state index >= 15 is 0 Å². The second-order valence-corrected chi connectivity index (χ2v) is 5.24. The van der Waals surface area contributed by atoms with Crippen molar-refractivity contribution < 1.29 is 14.3 Å². The Labute approximate surface area is 122 Å². The molecule has 20 heavy (non-hydrogen) atoms. The Hall–Kier alpha value is -1.10. The molecule has 0 aromatic heterocycles. The van der Waals surface area contributed by atoms with Crippen molar-refractivity contribution in [1.29, 1.82) is 0 Å². The normalized spacial score (nSPS) is 16.1. The van der Waals surface area contributed by atoms with E-state index in [1.54, 1.807) is 4.90 Å². The summed E-state index contributed by atoms with van der Waals surface area (Å²) in [5.41, 5.74) is 0. The first-order chi connectivity index (χ1) is 9.69. The van der Waals surface area contributed by atoms with Crippen LogP contribution >= 0.6 is 0 Å². The van der Waals surface area contributed by atoms with Crippen LogP contribution in [0.1, 0.15) is 52.4 Å². The third-order valence-electron chi connectivity index (χ3n) is 3.57. The molecule has 5 heteroatoms. The predicted octanol–water partition coefficient (Wildman–Crippen LogP) is 2.01. The first-order valence-electron chi connectivity index (χ1n) is 7.82. The van der Waals surface area contributed by atoms with Gasteiger partial charge in [-0.1, -0.05) is 20.3 Å². The van der Waals surface area contributed by atoms with E-state index in [1.165, 1.54) is 0 Å². The Balaban J connectivity index is 2.24. The van der Waals surface area contributed by atoms with E-state index in [2.05, 4.69) is 6.92 Å². The highest BCUT2D eigenvalue weighted by Gasteiger charge is 2.16. The highest BCUT2D eigenvalue weighted by Crippen LogP contribution is 2.10. The van der Waals surface area contributed by atoms with Gasteiger partial charge in [0.25, 0.3) is 0 Å². The van der Waals surface area contributed by atoms with Crippen LogP contribution in [0.2, 0.25) is 0 Å². The molecule has 1 aliphatic rings. The van der Waals surface area contributed by atoms with E-state index in [0.29, 0.717) is 32.7 Å². The van der Waals surface area contributed by atoms with Gasteiger partial charge in [0.2, 0.25) is 11.8 Å². The Kier molecular flexibility index (Phi) is 8.26. The Morgan fingerprint density at radius 2 is 2.05 bits per heavy atom. The lowest BCUT2D eigenvalue weighted by Gasteiger charge is -2.24. The molecule has 0 unspecified atom stereocenters. The number of rotatable bonds is 8. The fourth-order valence-corrected chi connectivity index (χ4v) is 2.38. The number of nitrogens with zero attached hydrogens (tertiary/aromatic N) is 2. The quantitative estimate of drug-likeness (QED) is 0.641. The molecule has 0 radical (unpaired) electrons. The van der Waals surface area contributed by atoms with Crippen LogP contribution in [0, 0.1) is 0 Å². The fourth-order valence-electron chi connectivity index (χ4n) is 2.38. The van der Waals surface area contributed by atoms with Crippen molar-refractivity contribution in [3.63, 3.8) is 0 Å². The van der Waals surface area contributed by atoms with Gasteiger partial charge in [0.1, 0.15) is 6.73 Å². The largest absolute Gasteiger partial charge is 0.359 e. The van der Waals surface area contributed by atoms with Gasteiger partial charge >= 0.3 is 0 Å². The number of hydrogen-bond acceptors (Lipinski definition) is 3. The van der Waals surface area contributed by atoms with E-state index in [-0.39, 0.29) is 11.8 Å². The van der Waals surface area contributed by atoms with E-state index in [1.807, 2.05) is 11.8 Å². The van der Waals surface area contributed by atoms with Gasteiger partial charge < -0.3 is 14.5 Å². The highest BCUT2D eigenvalue weighted by molar-refractivity contribution is 5.76. The maximum Gasteiger partial charge on any atom is 0.224 e. The molecule has 1 saturated heterocycles. The number of carbonyl (C=O) groups is 2. The van der Waals surface area contributed by atoms with Crippen LogP contribution < -0.4 is 0 Å². The van der Waals surface area contributed by atoms with Gasteiger partial charge in [-0.15, -0.1) is 0 Å². The van der Waals surface area contributed by atoms with E-state index in [4.69, 9.17) is 4.74 Å². The van der Waals surface area contributed by atoms with Crippen molar-refractivity contribution in [3.05, 3.63) is 0 Å². The Bertz CT molecular complexity index is 303. The second-order valence-electron chi connectivity index (χ2n) is 5.24. The number of amides is 2. The summed E-state index contributed by atoms with van der Waals surface area (Å²) < 4.78 is 5.58. The van der Waals surface area contributed by atoms with Gasteiger partial charge in [-0.05, 0) is 19.3 Å². The van der Waals surface area contributed by atoms with E-state index < -0.39 is 0 Å². The molecule has 0 bridgehead atoms. The van der Waals surface area contributed by atoms with Gasteiger partial charge in [0, 0.05) is 32.5 Å². The minimum Gasteiger partial charge on any atom is -0.359 e. The molecule has 2 amide bonds. The van der Waals surface area contributed by atoms with Crippen LogP contribution in [0.4, 0.5) is 0 Å². The van der Waals surface area contributed by atoms with Crippen LogP contribution in [0.25, 0.3) is 0 Å². The molecule has 1 fully saturated rings. The zero-order valence-corrected chi connectivity index (χ0v) is 12.9. The lowest BCUT2D eigenvalue weighted by atomic mass is 10.2. The first kappa shape index (κ1) is 17.0. The zero-order chi connectivity index (χ0) is 14.8. The van der Waals surface area contributed by atoms with Crippen LogP contribution in [0.5, 0.6) is 0 Å². The lowest BCUT2D eigenvalue weighted by Crippen LogP contribution is -2.36. The van der Waals surface area contributed by atoms with Gasteiger partial charge in [0.15, 0.2) is 0 Å².